The van der Waals surface area contributed by atoms with Crippen molar-refractivity contribution in [1.82, 2.24) is 14.5 Å². The molecule has 0 amide bonds. The van der Waals surface area contributed by atoms with Crippen LogP contribution < -0.4 is 4.74 Å². The van der Waals surface area contributed by atoms with Gasteiger partial charge in [-0.25, -0.2) is 9.97 Å². The Morgan fingerprint density at radius 2 is 2.10 bits per heavy atom. The quantitative estimate of drug-likeness (QED) is 0.674. The molecule has 3 aromatic rings. The van der Waals surface area contributed by atoms with Gasteiger partial charge in [-0.3, -0.25) is 0 Å². The Morgan fingerprint density at radius 3 is 2.95 bits per heavy atom. The van der Waals surface area contributed by atoms with Gasteiger partial charge in [0.25, 0.3) is 0 Å². The molecule has 0 saturated carbocycles. The number of aryl methyl sites for hydroxylation is 1. The second-order valence-electron chi connectivity index (χ2n) is 4.53. The van der Waals surface area contributed by atoms with Gasteiger partial charge in [0.15, 0.2) is 0 Å². The second-order valence-corrected chi connectivity index (χ2v) is 5.09. The van der Waals surface area contributed by atoms with Crippen molar-refractivity contribution in [3.63, 3.8) is 0 Å². The summed E-state index contributed by atoms with van der Waals surface area (Å²) in [6.07, 6.45) is 5.38. The molecule has 0 aliphatic heterocycles. The molecule has 0 spiro atoms. The Morgan fingerprint density at radius 1 is 1.19 bits per heavy atom. The third-order valence-corrected chi connectivity index (χ3v) is 3.46. The van der Waals surface area contributed by atoms with Crippen LogP contribution in [0.5, 0.6) is 11.6 Å². The van der Waals surface area contributed by atoms with E-state index in [1.165, 1.54) is 23.9 Å². The fourth-order valence-corrected chi connectivity index (χ4v) is 2.31. The highest BCUT2D eigenvalue weighted by molar-refractivity contribution is 7.93. The highest BCUT2D eigenvalue weighted by Gasteiger charge is 2.04. The summed E-state index contributed by atoms with van der Waals surface area (Å²) >= 11 is 1.31. The van der Waals surface area contributed by atoms with Gasteiger partial charge in [0.1, 0.15) is 18.7 Å². The molecule has 21 heavy (non-hydrogen) atoms. The smallest absolute Gasteiger partial charge is 0.222 e. The third-order valence-electron chi connectivity index (χ3n) is 3.10. The van der Waals surface area contributed by atoms with Crippen LogP contribution in [-0.4, -0.2) is 20.8 Å². The molecule has 0 radical (unpaired) electrons. The molecule has 6 heteroatoms. The zero-order valence-corrected chi connectivity index (χ0v) is 12.6. The highest BCUT2D eigenvalue weighted by atomic mass is 32.2. The van der Waals surface area contributed by atoms with Gasteiger partial charge in [0.05, 0.1) is 5.69 Å². The summed E-state index contributed by atoms with van der Waals surface area (Å²) in [5.74, 6) is 1.27. The lowest BCUT2D eigenvalue weighted by atomic mass is 10.2. The molecule has 2 aromatic heterocycles. The average Bonchev–Trinajstić information content (AvgIpc) is 2.86. The fourth-order valence-electron chi connectivity index (χ4n) is 2.07. The van der Waals surface area contributed by atoms with Gasteiger partial charge in [-0.15, -0.1) is 0 Å². The molecule has 108 valence electrons. The van der Waals surface area contributed by atoms with Crippen LogP contribution in [0.25, 0.3) is 10.9 Å². The molecule has 2 heterocycles. The molecule has 3 rings (SSSR count). The maximum absolute atomic E-state index is 5.79. The van der Waals surface area contributed by atoms with Crippen molar-refractivity contribution in [1.29, 1.82) is 0 Å². The van der Waals surface area contributed by atoms with Gasteiger partial charge in [-0.2, -0.15) is 0 Å². The molecule has 0 aliphatic rings. The molecule has 5 nitrogen and oxygen atoms in total. The first-order valence-electron chi connectivity index (χ1n) is 6.46. The van der Waals surface area contributed by atoms with Crippen molar-refractivity contribution in [3.05, 3.63) is 48.5 Å². The Bertz CT molecular complexity index is 758. The SMILES string of the molecule is CSOCc1cc(Oc2ccc3c(ccn3C)c2)ncn1. The van der Waals surface area contributed by atoms with Crippen molar-refractivity contribution < 1.29 is 8.92 Å². The van der Waals surface area contributed by atoms with E-state index in [9.17, 15) is 0 Å². The Kier molecular flexibility index (Phi) is 4.08. The molecule has 0 aliphatic carbocycles. The second kappa shape index (κ2) is 6.15. The molecule has 0 unspecified atom stereocenters. The number of nitrogens with zero attached hydrogens (tertiary/aromatic N) is 3. The van der Waals surface area contributed by atoms with E-state index in [-0.39, 0.29) is 0 Å². The third kappa shape index (κ3) is 3.17. The molecular formula is C15H15N3O2S. The number of rotatable bonds is 5. The van der Waals surface area contributed by atoms with E-state index < -0.39 is 0 Å². The van der Waals surface area contributed by atoms with E-state index in [1.807, 2.05) is 37.7 Å². The van der Waals surface area contributed by atoms with Crippen molar-refractivity contribution >= 4 is 22.9 Å². The van der Waals surface area contributed by atoms with Crippen LogP contribution >= 0.6 is 12.0 Å². The average molecular weight is 301 g/mol. The maximum atomic E-state index is 5.79. The summed E-state index contributed by atoms with van der Waals surface area (Å²) in [6.45, 7) is 0.428. The van der Waals surface area contributed by atoms with Crippen LogP contribution in [0.2, 0.25) is 0 Å². The number of benzene rings is 1. The Hall–Kier alpha value is -2.05. The zero-order chi connectivity index (χ0) is 14.7. The molecule has 0 bridgehead atoms. The highest BCUT2D eigenvalue weighted by Crippen LogP contribution is 2.25. The predicted molar refractivity (Wildman–Crippen MR) is 83.3 cm³/mol. The van der Waals surface area contributed by atoms with E-state index in [2.05, 4.69) is 20.6 Å². The van der Waals surface area contributed by atoms with E-state index >= 15 is 0 Å². The van der Waals surface area contributed by atoms with Crippen LogP contribution in [0.3, 0.4) is 0 Å². The van der Waals surface area contributed by atoms with Crippen molar-refractivity contribution in [3.8, 4) is 11.6 Å². The van der Waals surface area contributed by atoms with Gasteiger partial charge < -0.3 is 13.5 Å². The van der Waals surface area contributed by atoms with Gasteiger partial charge in [-0.05, 0) is 36.3 Å². The first-order chi connectivity index (χ1) is 10.3. The minimum Gasteiger partial charge on any atom is -0.439 e. The molecule has 0 fully saturated rings. The Labute approximate surface area is 127 Å². The van der Waals surface area contributed by atoms with Crippen molar-refractivity contribution in [2.24, 2.45) is 7.05 Å². The summed E-state index contributed by atoms with van der Waals surface area (Å²) in [7, 11) is 2.02. The molecule has 0 atom stereocenters. The number of hydrogen-bond donors (Lipinski definition) is 0. The van der Waals surface area contributed by atoms with Crippen LogP contribution in [0.15, 0.2) is 42.9 Å². The summed E-state index contributed by atoms with van der Waals surface area (Å²) in [5, 5.41) is 1.13. The fraction of sp³-hybridized carbons (Fsp3) is 0.200. The summed E-state index contributed by atoms with van der Waals surface area (Å²) in [5.41, 5.74) is 1.95. The molecule has 0 saturated heterocycles. The topological polar surface area (TPSA) is 49.2 Å². The predicted octanol–water partition coefficient (Wildman–Crippen LogP) is 3.56. The number of hydrogen-bond acceptors (Lipinski definition) is 5. The van der Waals surface area contributed by atoms with E-state index in [1.54, 1.807) is 6.07 Å². The molecular weight excluding hydrogens is 286 g/mol. The van der Waals surface area contributed by atoms with Gasteiger partial charge in [0, 0.05) is 36.5 Å². The lowest BCUT2D eigenvalue weighted by Gasteiger charge is -2.06. The van der Waals surface area contributed by atoms with Crippen molar-refractivity contribution in [2.45, 2.75) is 6.61 Å². The lowest BCUT2D eigenvalue weighted by Crippen LogP contribution is -1.95. The maximum Gasteiger partial charge on any atom is 0.222 e. The zero-order valence-electron chi connectivity index (χ0n) is 11.8. The number of ether oxygens (including phenoxy) is 1. The largest absolute Gasteiger partial charge is 0.439 e. The minimum absolute atomic E-state index is 0.428. The van der Waals surface area contributed by atoms with Crippen LogP contribution in [0.1, 0.15) is 5.69 Å². The molecule has 1 aromatic carbocycles. The Balaban J connectivity index is 1.81. The van der Waals surface area contributed by atoms with E-state index in [4.69, 9.17) is 8.92 Å². The number of aromatic nitrogens is 3. The van der Waals surface area contributed by atoms with Crippen LogP contribution in [0.4, 0.5) is 0 Å². The van der Waals surface area contributed by atoms with Gasteiger partial charge >= 0.3 is 0 Å². The lowest BCUT2D eigenvalue weighted by molar-refractivity contribution is 0.357. The van der Waals surface area contributed by atoms with Crippen molar-refractivity contribution in [2.75, 3.05) is 6.26 Å². The standard InChI is InChI=1S/C15H15N3O2S/c1-18-6-5-11-7-13(3-4-14(11)18)20-15-8-12(9-19-21-2)16-10-17-15/h3-8,10H,9H2,1-2H3. The van der Waals surface area contributed by atoms with Gasteiger partial charge in [-0.1, -0.05) is 0 Å². The summed E-state index contributed by atoms with van der Waals surface area (Å²) in [4.78, 5) is 8.27. The summed E-state index contributed by atoms with van der Waals surface area (Å²) < 4.78 is 13.1. The van der Waals surface area contributed by atoms with E-state index in [0.717, 1.165) is 16.8 Å². The minimum atomic E-state index is 0.428. The first-order valence-corrected chi connectivity index (χ1v) is 7.61. The summed E-state index contributed by atoms with van der Waals surface area (Å²) in [6, 6.07) is 9.80. The van der Waals surface area contributed by atoms with Gasteiger partial charge in [0.2, 0.25) is 5.88 Å². The van der Waals surface area contributed by atoms with Crippen LogP contribution in [0, 0.1) is 0 Å². The molecule has 0 N–H and O–H groups in total. The normalized spacial score (nSPS) is 11.0. The number of fused-ring (bicyclic) bond motifs is 1. The first kappa shape index (κ1) is 13.9. The monoisotopic (exact) mass is 301 g/mol. The van der Waals surface area contributed by atoms with Crippen LogP contribution in [-0.2, 0) is 17.8 Å². The van der Waals surface area contributed by atoms with E-state index in [0.29, 0.717) is 12.5 Å².